The normalized spacial score (nSPS) is 25.2. The van der Waals surface area contributed by atoms with Gasteiger partial charge in [-0.25, -0.2) is 0 Å². The fourth-order valence-electron chi connectivity index (χ4n) is 4.13. The second kappa shape index (κ2) is 5.69. The molecule has 1 aliphatic carbocycles. The topological polar surface area (TPSA) is 84.4 Å². The lowest BCUT2D eigenvalue weighted by Crippen LogP contribution is -2.60. The molecule has 1 unspecified atom stereocenters. The van der Waals surface area contributed by atoms with Crippen LogP contribution in [0.3, 0.4) is 0 Å². The largest absolute Gasteiger partial charge is 0.390 e. The molecule has 0 aromatic carbocycles. The number of nitrogens with zero attached hydrogens (tertiary/aromatic N) is 4. The van der Waals surface area contributed by atoms with Crippen LogP contribution in [0.15, 0.2) is 23.0 Å². The summed E-state index contributed by atoms with van der Waals surface area (Å²) in [5, 5.41) is 18.6. The molecule has 2 aromatic heterocycles. The van der Waals surface area contributed by atoms with E-state index in [0.29, 0.717) is 31.1 Å². The number of hydrogen-bond acceptors (Lipinski definition) is 5. The molecule has 1 aliphatic heterocycles. The average Bonchev–Trinajstić information content (AvgIpc) is 3.23. The Balaban J connectivity index is 1.39. The van der Waals surface area contributed by atoms with Gasteiger partial charge in [0.15, 0.2) is 11.5 Å². The number of carbonyl (C=O) groups excluding carboxylic acids is 1. The van der Waals surface area contributed by atoms with E-state index in [1.165, 1.54) is 0 Å². The van der Waals surface area contributed by atoms with Gasteiger partial charge in [-0.3, -0.25) is 9.48 Å². The highest BCUT2D eigenvalue weighted by Crippen LogP contribution is 2.56. The zero-order valence-corrected chi connectivity index (χ0v) is 14.7. The Morgan fingerprint density at radius 3 is 2.64 bits per heavy atom. The monoisotopic (exact) mass is 344 g/mol. The zero-order valence-electron chi connectivity index (χ0n) is 14.7. The third kappa shape index (κ3) is 2.76. The minimum absolute atomic E-state index is 0.00326. The van der Waals surface area contributed by atoms with Crippen LogP contribution in [-0.4, -0.2) is 49.5 Å². The molecule has 7 heteroatoms. The first kappa shape index (κ1) is 16.3. The van der Waals surface area contributed by atoms with Crippen molar-refractivity contribution in [3.05, 3.63) is 35.5 Å². The summed E-state index contributed by atoms with van der Waals surface area (Å²) >= 11 is 0. The predicted molar refractivity (Wildman–Crippen MR) is 90.0 cm³/mol. The first-order valence-electron chi connectivity index (χ1n) is 8.85. The maximum Gasteiger partial charge on any atom is 0.276 e. The van der Waals surface area contributed by atoms with Crippen LogP contribution in [-0.2, 0) is 6.54 Å². The van der Waals surface area contributed by atoms with Gasteiger partial charge in [-0.2, -0.15) is 5.10 Å². The molecule has 4 rings (SSSR count). The fraction of sp³-hybridized carbons (Fsp3) is 0.611. The summed E-state index contributed by atoms with van der Waals surface area (Å²) in [7, 11) is 0. The van der Waals surface area contributed by atoms with Gasteiger partial charge in [-0.1, -0.05) is 5.16 Å². The molecule has 7 nitrogen and oxygen atoms in total. The van der Waals surface area contributed by atoms with Gasteiger partial charge in [0.25, 0.3) is 5.91 Å². The number of amides is 1. The number of rotatable bonds is 3. The predicted octanol–water partition coefficient (Wildman–Crippen LogP) is 2.00. The van der Waals surface area contributed by atoms with Crippen molar-refractivity contribution in [2.45, 2.75) is 51.7 Å². The van der Waals surface area contributed by atoms with E-state index < -0.39 is 5.60 Å². The number of aryl methyl sites for hydroxylation is 1. The van der Waals surface area contributed by atoms with Crippen molar-refractivity contribution < 1.29 is 14.4 Å². The number of aromatic nitrogens is 3. The third-order valence-electron chi connectivity index (χ3n) is 6.10. The summed E-state index contributed by atoms with van der Waals surface area (Å²) in [5.41, 5.74) is 0.835. The SMILES string of the molecule is Cc1cnn(Cc2cc(C(=O)N3CCC4(CC3)CCC4(C)O)no2)c1. The number of hydrogen-bond donors (Lipinski definition) is 1. The molecule has 1 saturated heterocycles. The van der Waals surface area contributed by atoms with Gasteiger partial charge in [0, 0.05) is 30.8 Å². The van der Waals surface area contributed by atoms with E-state index in [4.69, 9.17) is 4.52 Å². The second-order valence-electron chi connectivity index (χ2n) is 7.74. The van der Waals surface area contributed by atoms with Crippen LogP contribution >= 0.6 is 0 Å². The molecule has 3 heterocycles. The van der Waals surface area contributed by atoms with Gasteiger partial charge in [-0.05, 0) is 45.1 Å². The molecule has 0 radical (unpaired) electrons. The Bertz CT molecular complexity index is 784. The van der Waals surface area contributed by atoms with Crippen LogP contribution in [0.5, 0.6) is 0 Å². The molecule has 0 bridgehead atoms. The highest BCUT2D eigenvalue weighted by atomic mass is 16.5. The first-order valence-corrected chi connectivity index (χ1v) is 8.85. The van der Waals surface area contributed by atoms with Crippen LogP contribution in [0.4, 0.5) is 0 Å². The Labute approximate surface area is 146 Å². The molecule has 2 fully saturated rings. The molecule has 1 spiro atoms. The molecule has 2 aliphatic rings. The van der Waals surface area contributed by atoms with Gasteiger partial charge < -0.3 is 14.5 Å². The summed E-state index contributed by atoms with van der Waals surface area (Å²) < 4.78 is 7.06. The highest BCUT2D eigenvalue weighted by molar-refractivity contribution is 5.92. The third-order valence-corrected chi connectivity index (χ3v) is 6.10. The molecule has 1 saturated carbocycles. The maximum absolute atomic E-state index is 12.7. The van der Waals surface area contributed by atoms with E-state index >= 15 is 0 Å². The van der Waals surface area contributed by atoms with E-state index in [1.807, 2.05) is 24.9 Å². The van der Waals surface area contributed by atoms with Gasteiger partial charge >= 0.3 is 0 Å². The Morgan fingerprint density at radius 2 is 2.08 bits per heavy atom. The quantitative estimate of drug-likeness (QED) is 0.920. The smallest absolute Gasteiger partial charge is 0.276 e. The summed E-state index contributed by atoms with van der Waals surface area (Å²) in [4.78, 5) is 14.5. The van der Waals surface area contributed by atoms with E-state index in [1.54, 1.807) is 16.9 Å². The minimum atomic E-state index is -0.578. The van der Waals surface area contributed by atoms with Crippen LogP contribution in [0.1, 0.15) is 54.4 Å². The van der Waals surface area contributed by atoms with E-state index in [-0.39, 0.29) is 11.3 Å². The van der Waals surface area contributed by atoms with Crippen LogP contribution in [0, 0.1) is 12.3 Å². The number of carbonyl (C=O) groups is 1. The van der Waals surface area contributed by atoms with Gasteiger partial charge in [0.05, 0.1) is 11.8 Å². The second-order valence-corrected chi connectivity index (χ2v) is 7.74. The molecular formula is C18H24N4O3. The van der Waals surface area contributed by atoms with Gasteiger partial charge in [0.2, 0.25) is 0 Å². The van der Waals surface area contributed by atoms with E-state index in [0.717, 1.165) is 31.2 Å². The molecule has 1 atom stereocenters. The van der Waals surface area contributed by atoms with Crippen LogP contribution in [0.2, 0.25) is 0 Å². The van der Waals surface area contributed by atoms with Gasteiger partial charge in [-0.15, -0.1) is 0 Å². The summed E-state index contributed by atoms with van der Waals surface area (Å²) in [6, 6.07) is 1.70. The lowest BCUT2D eigenvalue weighted by Gasteiger charge is -2.58. The minimum Gasteiger partial charge on any atom is -0.390 e. The molecule has 1 N–H and O–H groups in total. The number of aliphatic hydroxyl groups is 1. The van der Waals surface area contributed by atoms with Crippen molar-refractivity contribution in [2.75, 3.05) is 13.1 Å². The Kier molecular flexibility index (Phi) is 3.72. The number of piperidine rings is 1. The van der Waals surface area contributed by atoms with Crippen molar-refractivity contribution in [3.8, 4) is 0 Å². The van der Waals surface area contributed by atoms with E-state index in [2.05, 4.69) is 10.3 Å². The fourth-order valence-corrected chi connectivity index (χ4v) is 4.13. The maximum atomic E-state index is 12.7. The lowest BCUT2D eigenvalue weighted by atomic mass is 9.53. The van der Waals surface area contributed by atoms with Crippen molar-refractivity contribution in [1.82, 2.24) is 19.8 Å². The van der Waals surface area contributed by atoms with Crippen molar-refractivity contribution in [2.24, 2.45) is 5.41 Å². The van der Waals surface area contributed by atoms with Crippen molar-refractivity contribution >= 4 is 5.91 Å². The molecule has 1 amide bonds. The summed E-state index contributed by atoms with van der Waals surface area (Å²) in [5.74, 6) is 0.516. The standard InChI is InChI=1S/C18H24N4O3/c1-13-10-19-22(11-13)12-14-9-15(20-25-14)16(23)21-7-5-18(6-8-21)4-3-17(18,2)24/h9-11,24H,3-8,12H2,1-2H3. The van der Waals surface area contributed by atoms with E-state index in [9.17, 15) is 9.90 Å². The highest BCUT2D eigenvalue weighted by Gasteiger charge is 2.55. The zero-order chi connectivity index (χ0) is 17.7. The average molecular weight is 344 g/mol. The summed E-state index contributed by atoms with van der Waals surface area (Å²) in [6.07, 6.45) is 7.31. The molecule has 25 heavy (non-hydrogen) atoms. The number of likely N-dealkylation sites (tertiary alicyclic amines) is 1. The first-order chi connectivity index (χ1) is 11.9. The Hall–Kier alpha value is -2.15. The molecular weight excluding hydrogens is 320 g/mol. The van der Waals surface area contributed by atoms with Crippen LogP contribution in [0.25, 0.3) is 0 Å². The molecule has 134 valence electrons. The summed E-state index contributed by atoms with van der Waals surface area (Å²) in [6.45, 7) is 5.68. The van der Waals surface area contributed by atoms with Crippen molar-refractivity contribution in [1.29, 1.82) is 0 Å². The Morgan fingerprint density at radius 1 is 1.32 bits per heavy atom. The van der Waals surface area contributed by atoms with Crippen molar-refractivity contribution in [3.63, 3.8) is 0 Å². The lowest BCUT2D eigenvalue weighted by molar-refractivity contribution is -0.174. The molecule has 2 aromatic rings. The van der Waals surface area contributed by atoms with Gasteiger partial charge in [0.1, 0.15) is 6.54 Å². The van der Waals surface area contributed by atoms with Crippen LogP contribution < -0.4 is 0 Å².